The van der Waals surface area contributed by atoms with Gasteiger partial charge in [-0.15, -0.1) is 18.3 Å². The van der Waals surface area contributed by atoms with Crippen LogP contribution in [0.2, 0.25) is 0 Å². The van der Waals surface area contributed by atoms with Gasteiger partial charge in [0.05, 0.1) is 5.69 Å². The summed E-state index contributed by atoms with van der Waals surface area (Å²) < 4.78 is 42.7. The van der Waals surface area contributed by atoms with Crippen LogP contribution in [-0.2, 0) is 6.42 Å². The summed E-state index contributed by atoms with van der Waals surface area (Å²) in [5.41, 5.74) is 5.15. The lowest BCUT2D eigenvalue weighted by Crippen LogP contribution is -2.34. The minimum Gasteiger partial charge on any atom is -0.465 e. The first-order valence-electron chi connectivity index (χ1n) is 14.6. The number of aliphatic imine (C=N–C) groups is 2. The number of anilines is 1. The summed E-state index contributed by atoms with van der Waals surface area (Å²) in [5.74, 6) is 0.338. The number of aromatic nitrogens is 3. The lowest BCUT2D eigenvalue weighted by atomic mass is 9.99. The minimum absolute atomic E-state index is 0.231. The summed E-state index contributed by atoms with van der Waals surface area (Å²) in [6.45, 7) is 10.0. The van der Waals surface area contributed by atoms with Gasteiger partial charge >= 0.3 is 12.5 Å². The second-order valence-corrected chi connectivity index (χ2v) is 12.3. The number of carboxylic acid groups (broad SMARTS) is 1. The number of halogens is 3. The minimum atomic E-state index is -4.78. The molecule has 0 aliphatic carbocycles. The molecular formula is C33H34F3N7O3S2. The Morgan fingerprint density at radius 3 is 2.44 bits per heavy atom. The molecule has 15 heteroatoms. The zero-order valence-corrected chi connectivity index (χ0v) is 28.2. The fourth-order valence-corrected chi connectivity index (χ4v) is 5.44. The van der Waals surface area contributed by atoms with E-state index >= 15 is 0 Å². The molecular weight excluding hydrogens is 664 g/mol. The summed E-state index contributed by atoms with van der Waals surface area (Å²) in [6.07, 6.45) is -3.29. The number of nitrogens with zero attached hydrogens (tertiary/aromatic N) is 5. The van der Waals surface area contributed by atoms with E-state index in [1.165, 1.54) is 58.8 Å². The predicted octanol–water partition coefficient (Wildman–Crippen LogP) is 8.46. The van der Waals surface area contributed by atoms with Crippen LogP contribution in [0.3, 0.4) is 0 Å². The lowest BCUT2D eigenvalue weighted by Gasteiger charge is -2.17. The summed E-state index contributed by atoms with van der Waals surface area (Å²) in [5, 5.41) is 22.3. The van der Waals surface area contributed by atoms with Gasteiger partial charge in [0.2, 0.25) is 0 Å². The molecule has 0 radical (unpaired) electrons. The molecule has 0 aliphatic rings. The van der Waals surface area contributed by atoms with E-state index in [9.17, 15) is 23.1 Å². The van der Waals surface area contributed by atoms with Crippen molar-refractivity contribution < 1.29 is 27.8 Å². The smallest absolute Gasteiger partial charge is 0.465 e. The number of carbonyl (C=O) groups is 1. The van der Waals surface area contributed by atoms with Crippen LogP contribution in [0.5, 0.6) is 5.75 Å². The molecule has 1 amide bonds. The number of amidine groups is 2. The van der Waals surface area contributed by atoms with Gasteiger partial charge in [0.15, 0.2) is 16.2 Å². The quantitative estimate of drug-likeness (QED) is 0.111. The number of ether oxygens (including phenoxy) is 1. The highest BCUT2D eigenvalue weighted by atomic mass is 32.2. The normalized spacial score (nSPS) is 12.9. The Hall–Kier alpha value is -4.76. The number of hydrogen-bond donors (Lipinski definition) is 3. The molecule has 0 saturated carbocycles. The van der Waals surface area contributed by atoms with Gasteiger partial charge in [0, 0.05) is 17.7 Å². The molecule has 1 heterocycles. The van der Waals surface area contributed by atoms with Crippen molar-refractivity contribution in [2.75, 3.05) is 11.6 Å². The molecule has 4 aromatic rings. The molecule has 3 aromatic carbocycles. The summed E-state index contributed by atoms with van der Waals surface area (Å²) >= 11 is 2.58. The molecule has 1 aromatic heterocycles. The molecule has 10 nitrogen and oxygen atoms in total. The maximum absolute atomic E-state index is 12.5. The number of thioether (sulfide) groups is 2. The number of nitrogens with one attached hydrogen (secondary N) is 2. The number of amides is 1. The highest BCUT2D eigenvalue weighted by Crippen LogP contribution is 2.27. The number of hydrogen-bond acceptors (Lipinski definition) is 7. The first kappa shape index (κ1) is 36.1. The first-order valence-corrected chi connectivity index (χ1v) is 16.7. The molecule has 3 N–H and O–H groups in total. The SMILES string of the molecule is C=CSC(=NC(Cc1ccc(-c2ncn(-c3ccc(OC(F)(F)F)cc3)n2)cc1)NC(=O)O)N=C(Nc1cc(C)ccc1C(C)C)SC. The van der Waals surface area contributed by atoms with Gasteiger partial charge in [-0.3, -0.25) is 5.32 Å². The fourth-order valence-electron chi connectivity index (χ4n) is 4.51. The van der Waals surface area contributed by atoms with Gasteiger partial charge in [-0.1, -0.05) is 80.3 Å². The van der Waals surface area contributed by atoms with Crippen molar-refractivity contribution in [3.8, 4) is 22.8 Å². The van der Waals surface area contributed by atoms with E-state index in [1.54, 1.807) is 17.5 Å². The maximum atomic E-state index is 12.5. The molecule has 0 spiro atoms. The molecule has 48 heavy (non-hydrogen) atoms. The lowest BCUT2D eigenvalue weighted by molar-refractivity contribution is -0.274. The van der Waals surface area contributed by atoms with Crippen LogP contribution < -0.4 is 15.4 Å². The third-order valence-corrected chi connectivity index (χ3v) is 7.83. The van der Waals surface area contributed by atoms with E-state index in [0.717, 1.165) is 22.4 Å². The first-order chi connectivity index (χ1) is 22.8. The van der Waals surface area contributed by atoms with Crippen LogP contribution in [0.15, 0.2) is 95.0 Å². The van der Waals surface area contributed by atoms with E-state index in [1.807, 2.05) is 25.3 Å². The number of alkyl halides is 3. The Kier molecular flexibility index (Phi) is 12.3. The van der Waals surface area contributed by atoms with Crippen LogP contribution in [0.1, 0.15) is 36.5 Å². The zero-order valence-electron chi connectivity index (χ0n) is 26.5. The fraction of sp³-hybridized carbons (Fsp3) is 0.242. The molecule has 252 valence electrons. The van der Waals surface area contributed by atoms with Crippen LogP contribution in [-0.4, -0.2) is 55.1 Å². The third-order valence-electron chi connectivity index (χ3n) is 6.68. The van der Waals surface area contributed by atoms with Crippen LogP contribution >= 0.6 is 23.5 Å². The average Bonchev–Trinajstić information content (AvgIpc) is 3.51. The highest BCUT2D eigenvalue weighted by molar-refractivity contribution is 8.17. The number of rotatable bonds is 10. The monoisotopic (exact) mass is 697 g/mol. The van der Waals surface area contributed by atoms with Crippen molar-refractivity contribution in [2.24, 2.45) is 9.98 Å². The van der Waals surface area contributed by atoms with Crippen LogP contribution in [0, 0.1) is 6.92 Å². The van der Waals surface area contributed by atoms with Gasteiger partial charge in [-0.25, -0.2) is 19.5 Å². The largest absolute Gasteiger partial charge is 0.573 e. The van der Waals surface area contributed by atoms with Crippen molar-refractivity contribution in [1.82, 2.24) is 20.1 Å². The summed E-state index contributed by atoms with van der Waals surface area (Å²) in [4.78, 5) is 25.3. The van der Waals surface area contributed by atoms with E-state index in [0.29, 0.717) is 27.4 Å². The van der Waals surface area contributed by atoms with E-state index in [2.05, 4.69) is 69.1 Å². The van der Waals surface area contributed by atoms with Crippen molar-refractivity contribution >= 4 is 45.6 Å². The van der Waals surface area contributed by atoms with Crippen LogP contribution in [0.25, 0.3) is 17.1 Å². The van der Waals surface area contributed by atoms with Gasteiger partial charge in [0.1, 0.15) is 18.2 Å². The van der Waals surface area contributed by atoms with Gasteiger partial charge in [-0.05, 0) is 71.5 Å². The summed E-state index contributed by atoms with van der Waals surface area (Å²) in [7, 11) is 0. The van der Waals surface area contributed by atoms with Crippen molar-refractivity contribution in [3.05, 3.63) is 102 Å². The molecule has 1 unspecified atom stereocenters. The van der Waals surface area contributed by atoms with E-state index in [4.69, 9.17) is 4.99 Å². The Morgan fingerprint density at radius 2 is 1.83 bits per heavy atom. The summed E-state index contributed by atoms with van der Waals surface area (Å²) in [6, 6.07) is 18.7. The Labute approximate surface area is 284 Å². The Morgan fingerprint density at radius 1 is 1.12 bits per heavy atom. The topological polar surface area (TPSA) is 126 Å². The predicted molar refractivity (Wildman–Crippen MR) is 187 cm³/mol. The van der Waals surface area contributed by atoms with Gasteiger partial charge in [0.25, 0.3) is 0 Å². The molecule has 1 atom stereocenters. The number of benzene rings is 3. The third kappa shape index (κ3) is 10.6. The zero-order chi connectivity index (χ0) is 34.8. The maximum Gasteiger partial charge on any atom is 0.573 e. The molecule has 0 bridgehead atoms. The van der Waals surface area contributed by atoms with Gasteiger partial charge < -0.3 is 15.2 Å². The van der Waals surface area contributed by atoms with Gasteiger partial charge in [-0.2, -0.15) is 4.99 Å². The van der Waals surface area contributed by atoms with Crippen LogP contribution in [0.4, 0.5) is 23.7 Å². The van der Waals surface area contributed by atoms with Crippen molar-refractivity contribution in [1.29, 1.82) is 0 Å². The molecule has 0 aliphatic heterocycles. The number of aryl methyl sites for hydroxylation is 1. The Bertz CT molecular complexity index is 1770. The van der Waals surface area contributed by atoms with Crippen molar-refractivity contribution in [2.45, 2.75) is 45.6 Å². The highest BCUT2D eigenvalue weighted by Gasteiger charge is 2.31. The second kappa shape index (κ2) is 16.4. The van der Waals surface area contributed by atoms with Crippen molar-refractivity contribution in [3.63, 3.8) is 0 Å². The Balaban J connectivity index is 1.52. The standard InChI is InChI=1S/C33H34F3N7O3S2/c1-6-48-31(41-30(47-5)38-27-17-21(4)7-16-26(27)20(2)3)39-28(40-32(44)45)18-22-8-10-23(11-9-22)29-37-19-43(42-29)24-12-14-25(15-13-24)46-33(34,35)36/h6-17,19-20,28,40H,1,18H2,2-5H3,(H,44,45)(H,38,39,41). The second-order valence-electron chi connectivity index (χ2n) is 10.6. The molecule has 0 saturated heterocycles. The van der Waals surface area contributed by atoms with E-state index in [-0.39, 0.29) is 18.1 Å². The van der Waals surface area contributed by atoms with E-state index < -0.39 is 18.6 Å². The average molecular weight is 698 g/mol. The molecule has 0 fully saturated rings. The molecule has 4 rings (SSSR count).